The van der Waals surface area contributed by atoms with E-state index in [1.807, 2.05) is 30.3 Å². The van der Waals surface area contributed by atoms with Gasteiger partial charge in [0.2, 0.25) is 11.5 Å². The van der Waals surface area contributed by atoms with Crippen LogP contribution in [0.5, 0.6) is 5.75 Å². The highest BCUT2D eigenvalue weighted by atomic mass is 16.6. The van der Waals surface area contributed by atoms with Crippen LogP contribution in [0.1, 0.15) is 26.8 Å². The fourth-order valence-electron chi connectivity index (χ4n) is 2.23. The summed E-state index contributed by atoms with van der Waals surface area (Å²) in [5, 5.41) is 4.22. The molecule has 26 heavy (non-hydrogen) atoms. The van der Waals surface area contributed by atoms with E-state index in [0.29, 0.717) is 5.76 Å². The maximum Gasteiger partial charge on any atom is 0.373 e. The van der Waals surface area contributed by atoms with E-state index in [0.717, 1.165) is 5.69 Å². The first kappa shape index (κ1) is 17.3. The first-order valence-electron chi connectivity index (χ1n) is 7.65. The van der Waals surface area contributed by atoms with Gasteiger partial charge in [0.1, 0.15) is 12.4 Å². The highest BCUT2D eigenvalue weighted by Gasteiger charge is 2.21. The minimum atomic E-state index is -0.674. The van der Waals surface area contributed by atoms with Crippen LogP contribution in [0.25, 0.3) is 5.69 Å². The summed E-state index contributed by atoms with van der Waals surface area (Å²) in [7, 11) is 2.69. The van der Waals surface area contributed by atoms with E-state index < -0.39 is 11.9 Å². The SMILES string of the molecule is COC(=O)c1ccc(COC(=O)c2nn(-c3ccccc3)cc2OC)o1. The number of ether oxygens (including phenoxy) is 3. The summed E-state index contributed by atoms with van der Waals surface area (Å²) >= 11 is 0. The molecule has 8 heteroatoms. The average molecular weight is 356 g/mol. The molecule has 0 amide bonds. The Morgan fingerprint density at radius 3 is 2.54 bits per heavy atom. The third-order valence-electron chi connectivity index (χ3n) is 3.51. The predicted molar refractivity (Wildman–Crippen MR) is 89.3 cm³/mol. The second kappa shape index (κ2) is 7.56. The fourth-order valence-corrected chi connectivity index (χ4v) is 2.23. The number of hydrogen-bond donors (Lipinski definition) is 0. The lowest BCUT2D eigenvalue weighted by atomic mass is 10.3. The van der Waals surface area contributed by atoms with Crippen LogP contribution >= 0.6 is 0 Å². The summed E-state index contributed by atoms with van der Waals surface area (Å²) in [6.45, 7) is -0.156. The molecule has 0 bridgehead atoms. The van der Waals surface area contributed by atoms with Crippen LogP contribution in [0.3, 0.4) is 0 Å². The Morgan fingerprint density at radius 2 is 1.85 bits per heavy atom. The van der Waals surface area contributed by atoms with Crippen molar-refractivity contribution in [2.75, 3.05) is 14.2 Å². The summed E-state index contributed by atoms with van der Waals surface area (Å²) in [5.74, 6) is -0.656. The van der Waals surface area contributed by atoms with Crippen LogP contribution in [-0.4, -0.2) is 35.9 Å². The summed E-state index contributed by atoms with van der Waals surface area (Å²) in [4.78, 5) is 23.7. The number of benzene rings is 1. The van der Waals surface area contributed by atoms with E-state index in [9.17, 15) is 9.59 Å². The molecule has 0 saturated heterocycles. The Labute approximate surface area is 148 Å². The summed E-state index contributed by atoms with van der Waals surface area (Å²) in [6.07, 6.45) is 1.59. The van der Waals surface area contributed by atoms with Crippen LogP contribution in [0.4, 0.5) is 0 Å². The number of nitrogens with zero attached hydrogens (tertiary/aromatic N) is 2. The minimum Gasteiger partial charge on any atom is -0.493 e. The number of para-hydroxylation sites is 1. The summed E-state index contributed by atoms with van der Waals surface area (Å²) < 4.78 is 21.7. The molecule has 134 valence electrons. The highest BCUT2D eigenvalue weighted by Crippen LogP contribution is 2.21. The molecule has 0 fully saturated rings. The molecule has 0 N–H and O–H groups in total. The Kier molecular flexibility index (Phi) is 5.02. The zero-order chi connectivity index (χ0) is 18.5. The molecule has 8 nitrogen and oxygen atoms in total. The number of rotatable bonds is 6. The Balaban J connectivity index is 1.72. The van der Waals surface area contributed by atoms with Gasteiger partial charge in [-0.05, 0) is 24.3 Å². The zero-order valence-electron chi connectivity index (χ0n) is 14.2. The quantitative estimate of drug-likeness (QED) is 0.627. The molecule has 1 aromatic carbocycles. The van der Waals surface area contributed by atoms with Crippen molar-refractivity contribution < 1.29 is 28.2 Å². The molecule has 0 saturated carbocycles. The van der Waals surface area contributed by atoms with Gasteiger partial charge in [-0.1, -0.05) is 18.2 Å². The largest absolute Gasteiger partial charge is 0.493 e. The molecule has 3 rings (SSSR count). The van der Waals surface area contributed by atoms with E-state index >= 15 is 0 Å². The van der Waals surface area contributed by atoms with Gasteiger partial charge in [0.05, 0.1) is 26.1 Å². The Hall–Kier alpha value is -3.55. The van der Waals surface area contributed by atoms with E-state index in [1.54, 1.807) is 6.20 Å². The maximum atomic E-state index is 12.3. The smallest absolute Gasteiger partial charge is 0.373 e. The first-order valence-corrected chi connectivity index (χ1v) is 7.65. The number of carbonyl (C=O) groups is 2. The third-order valence-corrected chi connectivity index (χ3v) is 3.51. The molecule has 2 heterocycles. The molecule has 0 aliphatic carbocycles. The molecule has 0 aliphatic heterocycles. The second-order valence-electron chi connectivity index (χ2n) is 5.16. The third kappa shape index (κ3) is 3.59. The summed E-state index contributed by atoms with van der Waals surface area (Å²) in [6, 6.07) is 12.3. The monoisotopic (exact) mass is 356 g/mol. The highest BCUT2D eigenvalue weighted by molar-refractivity contribution is 5.90. The van der Waals surface area contributed by atoms with Crippen molar-refractivity contribution in [3.63, 3.8) is 0 Å². The van der Waals surface area contributed by atoms with E-state index in [-0.39, 0.29) is 23.8 Å². The second-order valence-corrected chi connectivity index (χ2v) is 5.16. The van der Waals surface area contributed by atoms with Crippen LogP contribution in [0, 0.1) is 0 Å². The molecule has 0 unspecified atom stereocenters. The number of hydrogen-bond acceptors (Lipinski definition) is 7. The van der Waals surface area contributed by atoms with Crippen molar-refractivity contribution in [2.45, 2.75) is 6.61 Å². The molecule has 0 atom stereocenters. The number of esters is 2. The van der Waals surface area contributed by atoms with Gasteiger partial charge in [0.25, 0.3) is 0 Å². The fraction of sp³-hybridized carbons (Fsp3) is 0.167. The topological polar surface area (TPSA) is 92.8 Å². The lowest BCUT2D eigenvalue weighted by molar-refractivity contribution is 0.0428. The van der Waals surface area contributed by atoms with Crippen molar-refractivity contribution in [1.82, 2.24) is 9.78 Å². The molecule has 0 radical (unpaired) electrons. The van der Waals surface area contributed by atoms with Gasteiger partial charge in [0, 0.05) is 0 Å². The molecule has 0 spiro atoms. The van der Waals surface area contributed by atoms with Gasteiger partial charge in [-0.15, -0.1) is 0 Å². The molecular weight excluding hydrogens is 340 g/mol. The first-order chi connectivity index (χ1) is 12.6. The van der Waals surface area contributed by atoms with Gasteiger partial charge >= 0.3 is 11.9 Å². The zero-order valence-corrected chi connectivity index (χ0v) is 14.2. The summed E-state index contributed by atoms with van der Waals surface area (Å²) in [5.41, 5.74) is 0.815. The van der Waals surface area contributed by atoms with Gasteiger partial charge < -0.3 is 18.6 Å². The van der Waals surface area contributed by atoms with E-state index in [4.69, 9.17) is 13.9 Å². The number of aromatic nitrogens is 2. The Morgan fingerprint density at radius 1 is 1.08 bits per heavy atom. The number of furan rings is 1. The van der Waals surface area contributed by atoms with Crippen LogP contribution in [0.2, 0.25) is 0 Å². The van der Waals surface area contributed by atoms with Gasteiger partial charge in [0.15, 0.2) is 5.75 Å². The van der Waals surface area contributed by atoms with Gasteiger partial charge in [-0.25, -0.2) is 14.3 Å². The van der Waals surface area contributed by atoms with Gasteiger partial charge in [-0.2, -0.15) is 5.10 Å². The molecule has 0 aliphatic rings. The lowest BCUT2D eigenvalue weighted by Gasteiger charge is -2.02. The van der Waals surface area contributed by atoms with Crippen molar-refractivity contribution >= 4 is 11.9 Å². The molecule has 2 aromatic heterocycles. The van der Waals surface area contributed by atoms with Crippen LogP contribution < -0.4 is 4.74 Å². The standard InChI is InChI=1S/C18H16N2O6/c1-23-15-10-20(12-6-4-3-5-7-12)19-16(15)18(22)25-11-13-8-9-14(26-13)17(21)24-2/h3-10H,11H2,1-2H3. The predicted octanol–water partition coefficient (Wildman–Crippen LogP) is 2.62. The van der Waals surface area contributed by atoms with E-state index in [1.165, 1.54) is 31.0 Å². The normalized spacial score (nSPS) is 10.4. The van der Waals surface area contributed by atoms with Gasteiger partial charge in [-0.3, -0.25) is 0 Å². The number of methoxy groups -OCH3 is 2. The van der Waals surface area contributed by atoms with Crippen molar-refractivity contribution in [1.29, 1.82) is 0 Å². The van der Waals surface area contributed by atoms with Crippen molar-refractivity contribution in [3.05, 3.63) is 65.9 Å². The number of carbonyl (C=O) groups excluding carboxylic acids is 2. The molecular formula is C18H16N2O6. The Bertz CT molecular complexity index is 913. The van der Waals surface area contributed by atoms with Crippen molar-refractivity contribution in [3.8, 4) is 11.4 Å². The minimum absolute atomic E-state index is 0.0319. The van der Waals surface area contributed by atoms with Crippen molar-refractivity contribution in [2.24, 2.45) is 0 Å². The average Bonchev–Trinajstić information content (AvgIpc) is 3.33. The lowest BCUT2D eigenvalue weighted by Crippen LogP contribution is -2.08. The molecule has 3 aromatic rings. The van der Waals surface area contributed by atoms with E-state index in [2.05, 4.69) is 9.84 Å². The van der Waals surface area contributed by atoms with Crippen LogP contribution in [0.15, 0.2) is 53.1 Å². The van der Waals surface area contributed by atoms with Crippen LogP contribution in [-0.2, 0) is 16.1 Å². The maximum absolute atomic E-state index is 12.3.